The Morgan fingerprint density at radius 1 is 1.07 bits per heavy atom. The van der Waals surface area contributed by atoms with Crippen molar-refractivity contribution in [3.05, 3.63) is 54.6 Å². The second-order valence-electron chi connectivity index (χ2n) is 7.20. The number of carbonyl (C=O) groups is 1. The number of benzene rings is 2. The maximum atomic E-state index is 12.7. The van der Waals surface area contributed by atoms with Crippen LogP contribution in [0.3, 0.4) is 0 Å². The first-order valence-corrected chi connectivity index (χ1v) is 9.41. The molecule has 1 heterocycles. The third-order valence-corrected chi connectivity index (χ3v) is 5.14. The second kappa shape index (κ2) is 9.77. The van der Waals surface area contributed by atoms with Crippen molar-refractivity contribution in [3.8, 4) is 16.9 Å². The van der Waals surface area contributed by atoms with Crippen molar-refractivity contribution in [1.82, 2.24) is 4.90 Å². The van der Waals surface area contributed by atoms with E-state index in [2.05, 4.69) is 12.1 Å². The normalized spacial score (nSPS) is 18.9. The number of nitrogens with two attached hydrogens (primary N) is 1. The van der Waals surface area contributed by atoms with E-state index in [-0.39, 0.29) is 24.4 Å². The van der Waals surface area contributed by atoms with Crippen molar-refractivity contribution < 1.29 is 9.53 Å². The fraction of sp³-hybridized carbons (Fsp3) is 0.409. The lowest BCUT2D eigenvalue weighted by atomic mass is 9.92. The van der Waals surface area contributed by atoms with Crippen LogP contribution in [0.1, 0.15) is 26.7 Å². The van der Waals surface area contributed by atoms with Crippen LogP contribution in [0.15, 0.2) is 54.6 Å². The molecular weight excluding hydrogens is 360 g/mol. The second-order valence-corrected chi connectivity index (χ2v) is 7.20. The number of hydrogen-bond acceptors (Lipinski definition) is 3. The van der Waals surface area contributed by atoms with E-state index in [1.165, 1.54) is 5.56 Å². The molecule has 146 valence electrons. The molecule has 0 bridgehead atoms. The Hall–Kier alpha value is -2.04. The lowest BCUT2D eigenvalue weighted by molar-refractivity contribution is -0.139. The summed E-state index contributed by atoms with van der Waals surface area (Å²) in [4.78, 5) is 14.6. The highest BCUT2D eigenvalue weighted by Crippen LogP contribution is 2.24. The van der Waals surface area contributed by atoms with E-state index in [4.69, 9.17) is 10.5 Å². The van der Waals surface area contributed by atoms with Crippen molar-refractivity contribution in [3.63, 3.8) is 0 Å². The Labute approximate surface area is 168 Å². The molecule has 1 saturated heterocycles. The van der Waals surface area contributed by atoms with Gasteiger partial charge in [0.1, 0.15) is 5.75 Å². The van der Waals surface area contributed by atoms with Crippen molar-refractivity contribution in [2.45, 2.75) is 38.8 Å². The van der Waals surface area contributed by atoms with E-state index >= 15 is 0 Å². The SMILES string of the molecule is CC(Oc1ccc(-c2ccccc2)cc1)C(=O)N1CCCC(C(C)N)C1.Cl. The van der Waals surface area contributed by atoms with Crippen molar-refractivity contribution in [1.29, 1.82) is 0 Å². The zero-order valence-corrected chi connectivity index (χ0v) is 16.8. The maximum absolute atomic E-state index is 12.7. The largest absolute Gasteiger partial charge is 0.481 e. The monoisotopic (exact) mass is 388 g/mol. The van der Waals surface area contributed by atoms with Gasteiger partial charge in [0.05, 0.1) is 0 Å². The Bertz CT molecular complexity index is 719. The molecular formula is C22H29ClN2O2. The average Bonchev–Trinajstić information content (AvgIpc) is 2.68. The summed E-state index contributed by atoms with van der Waals surface area (Å²) in [5.41, 5.74) is 8.32. The molecule has 3 rings (SSSR count). The van der Waals surface area contributed by atoms with Crippen LogP contribution in [-0.2, 0) is 4.79 Å². The van der Waals surface area contributed by atoms with Gasteiger partial charge in [0.15, 0.2) is 6.10 Å². The molecule has 2 N–H and O–H groups in total. The molecule has 0 aliphatic carbocycles. The van der Waals surface area contributed by atoms with Gasteiger partial charge >= 0.3 is 0 Å². The van der Waals surface area contributed by atoms with Gasteiger partial charge in [-0.05, 0) is 55.9 Å². The number of amides is 1. The van der Waals surface area contributed by atoms with Crippen LogP contribution in [-0.4, -0.2) is 36.0 Å². The summed E-state index contributed by atoms with van der Waals surface area (Å²) in [7, 11) is 0. The molecule has 0 saturated carbocycles. The topological polar surface area (TPSA) is 55.6 Å². The van der Waals surface area contributed by atoms with Gasteiger partial charge in [0.2, 0.25) is 0 Å². The Morgan fingerprint density at radius 3 is 2.33 bits per heavy atom. The molecule has 2 aromatic rings. The summed E-state index contributed by atoms with van der Waals surface area (Å²) in [6, 6.07) is 18.2. The van der Waals surface area contributed by atoms with Gasteiger partial charge < -0.3 is 15.4 Å². The lowest BCUT2D eigenvalue weighted by Crippen LogP contribution is -2.48. The summed E-state index contributed by atoms with van der Waals surface area (Å²) in [6.07, 6.45) is 1.61. The third kappa shape index (κ3) is 5.47. The fourth-order valence-electron chi connectivity index (χ4n) is 3.51. The van der Waals surface area contributed by atoms with Crippen LogP contribution in [0, 0.1) is 5.92 Å². The number of hydrogen-bond donors (Lipinski definition) is 1. The van der Waals surface area contributed by atoms with Crippen LogP contribution < -0.4 is 10.5 Å². The molecule has 0 radical (unpaired) electrons. The van der Waals surface area contributed by atoms with Gasteiger partial charge in [-0.3, -0.25) is 4.79 Å². The van der Waals surface area contributed by atoms with Crippen LogP contribution in [0.4, 0.5) is 0 Å². The molecule has 1 amide bonds. The summed E-state index contributed by atoms with van der Waals surface area (Å²) in [5.74, 6) is 1.14. The van der Waals surface area contributed by atoms with Gasteiger partial charge in [-0.1, -0.05) is 42.5 Å². The predicted molar refractivity (Wildman–Crippen MR) is 112 cm³/mol. The average molecular weight is 389 g/mol. The van der Waals surface area contributed by atoms with E-state index in [0.29, 0.717) is 11.7 Å². The molecule has 3 atom stereocenters. The fourth-order valence-corrected chi connectivity index (χ4v) is 3.51. The number of halogens is 1. The molecule has 5 heteroatoms. The van der Waals surface area contributed by atoms with Crippen molar-refractivity contribution in [2.24, 2.45) is 11.7 Å². The van der Waals surface area contributed by atoms with Crippen molar-refractivity contribution >= 4 is 18.3 Å². The highest BCUT2D eigenvalue weighted by molar-refractivity contribution is 5.85. The van der Waals surface area contributed by atoms with E-state index in [1.807, 2.05) is 61.2 Å². The smallest absolute Gasteiger partial charge is 0.263 e. The first-order chi connectivity index (χ1) is 12.5. The minimum atomic E-state index is -0.496. The molecule has 1 fully saturated rings. The molecule has 27 heavy (non-hydrogen) atoms. The quantitative estimate of drug-likeness (QED) is 0.837. The van der Waals surface area contributed by atoms with E-state index in [1.54, 1.807) is 0 Å². The van der Waals surface area contributed by atoms with Crippen LogP contribution >= 0.6 is 12.4 Å². The summed E-state index contributed by atoms with van der Waals surface area (Å²) < 4.78 is 5.89. The van der Waals surface area contributed by atoms with Gasteiger partial charge in [-0.25, -0.2) is 0 Å². The molecule has 1 aliphatic heterocycles. The van der Waals surface area contributed by atoms with Crippen LogP contribution in [0.5, 0.6) is 5.75 Å². The summed E-state index contributed by atoms with van der Waals surface area (Å²) in [6.45, 7) is 5.37. The Balaban J connectivity index is 0.00000261. The third-order valence-electron chi connectivity index (χ3n) is 5.14. The zero-order valence-electron chi connectivity index (χ0n) is 16.0. The molecule has 3 unspecified atom stereocenters. The Morgan fingerprint density at radius 2 is 1.70 bits per heavy atom. The minimum Gasteiger partial charge on any atom is -0.481 e. The standard InChI is InChI=1S/C22H28N2O2.ClH/c1-16(23)20-9-6-14-24(15-20)22(25)17(2)26-21-12-10-19(11-13-21)18-7-4-3-5-8-18;/h3-5,7-8,10-13,16-17,20H,6,9,14-15,23H2,1-2H3;1H. The molecule has 2 aromatic carbocycles. The first-order valence-electron chi connectivity index (χ1n) is 9.41. The lowest BCUT2D eigenvalue weighted by Gasteiger charge is -2.35. The summed E-state index contributed by atoms with van der Waals surface area (Å²) in [5, 5.41) is 0. The number of likely N-dealkylation sites (tertiary alicyclic amines) is 1. The van der Waals surface area contributed by atoms with Gasteiger partial charge in [0, 0.05) is 19.1 Å². The molecule has 1 aliphatic rings. The number of carbonyl (C=O) groups excluding carboxylic acids is 1. The molecule has 0 aromatic heterocycles. The minimum absolute atomic E-state index is 0. The number of nitrogens with zero attached hydrogens (tertiary/aromatic N) is 1. The van der Waals surface area contributed by atoms with E-state index < -0.39 is 6.10 Å². The van der Waals surface area contributed by atoms with Gasteiger partial charge in [-0.2, -0.15) is 0 Å². The zero-order chi connectivity index (χ0) is 18.5. The highest BCUT2D eigenvalue weighted by atomic mass is 35.5. The highest BCUT2D eigenvalue weighted by Gasteiger charge is 2.29. The van der Waals surface area contributed by atoms with E-state index in [0.717, 1.165) is 31.5 Å². The van der Waals surface area contributed by atoms with Crippen LogP contribution in [0.2, 0.25) is 0 Å². The van der Waals surface area contributed by atoms with Crippen LogP contribution in [0.25, 0.3) is 11.1 Å². The van der Waals surface area contributed by atoms with Gasteiger partial charge in [-0.15, -0.1) is 12.4 Å². The molecule has 4 nitrogen and oxygen atoms in total. The van der Waals surface area contributed by atoms with E-state index in [9.17, 15) is 4.79 Å². The number of piperidine rings is 1. The number of ether oxygens (including phenoxy) is 1. The first kappa shape index (κ1) is 21.3. The molecule has 0 spiro atoms. The predicted octanol–water partition coefficient (Wildman–Crippen LogP) is 4.13. The summed E-state index contributed by atoms with van der Waals surface area (Å²) >= 11 is 0. The Kier molecular flexibility index (Phi) is 7.69. The number of rotatable bonds is 5. The maximum Gasteiger partial charge on any atom is 0.263 e. The van der Waals surface area contributed by atoms with Crippen molar-refractivity contribution in [2.75, 3.05) is 13.1 Å². The van der Waals surface area contributed by atoms with Gasteiger partial charge in [0.25, 0.3) is 5.91 Å².